The van der Waals surface area contributed by atoms with Gasteiger partial charge in [-0.15, -0.1) is 0 Å². The summed E-state index contributed by atoms with van der Waals surface area (Å²) in [5.41, 5.74) is 4.18. The molecule has 1 heterocycles. The predicted molar refractivity (Wildman–Crippen MR) is 91.7 cm³/mol. The molecule has 0 aliphatic carbocycles. The number of likely N-dealkylation sites (tertiary alicyclic amines) is 1. The molecule has 1 fully saturated rings. The maximum atomic E-state index is 3.69. The SMILES string of the molecule is CCNC(CN1CCC(C)C(C)C1)c1cc(C)cc(C)c1. The minimum absolute atomic E-state index is 0.453. The zero-order chi connectivity index (χ0) is 15.4. The van der Waals surface area contributed by atoms with Gasteiger partial charge in [0.25, 0.3) is 0 Å². The molecule has 1 aromatic rings. The lowest BCUT2D eigenvalue weighted by molar-refractivity contribution is 0.127. The van der Waals surface area contributed by atoms with Crippen LogP contribution < -0.4 is 5.32 Å². The number of nitrogens with zero attached hydrogens (tertiary/aromatic N) is 1. The molecule has 0 amide bonds. The van der Waals surface area contributed by atoms with Crippen LogP contribution in [-0.4, -0.2) is 31.1 Å². The van der Waals surface area contributed by atoms with Gasteiger partial charge in [-0.3, -0.25) is 0 Å². The van der Waals surface area contributed by atoms with E-state index in [1.54, 1.807) is 0 Å². The van der Waals surface area contributed by atoms with E-state index in [1.165, 1.54) is 36.2 Å². The first-order valence-corrected chi connectivity index (χ1v) is 8.53. The summed E-state index contributed by atoms with van der Waals surface area (Å²) in [7, 11) is 0. The Morgan fingerprint density at radius 2 is 1.81 bits per heavy atom. The Labute approximate surface area is 130 Å². The highest BCUT2D eigenvalue weighted by atomic mass is 15.2. The largest absolute Gasteiger partial charge is 0.309 e. The molecule has 118 valence electrons. The normalized spacial score (nSPS) is 25.0. The average Bonchev–Trinajstić information content (AvgIpc) is 2.41. The lowest BCUT2D eigenvalue weighted by Gasteiger charge is -2.37. The van der Waals surface area contributed by atoms with Gasteiger partial charge in [-0.25, -0.2) is 0 Å². The molecule has 1 aromatic carbocycles. The second-order valence-corrected chi connectivity index (χ2v) is 7.03. The molecule has 0 spiro atoms. The maximum absolute atomic E-state index is 3.69. The van der Waals surface area contributed by atoms with Crippen LogP contribution in [0.3, 0.4) is 0 Å². The minimum atomic E-state index is 0.453. The number of likely N-dealkylation sites (N-methyl/N-ethyl adjacent to an activating group) is 1. The first-order valence-electron chi connectivity index (χ1n) is 8.53. The molecule has 1 saturated heterocycles. The van der Waals surface area contributed by atoms with E-state index in [0.717, 1.165) is 24.9 Å². The molecule has 0 bridgehead atoms. The van der Waals surface area contributed by atoms with Crippen molar-refractivity contribution in [3.8, 4) is 0 Å². The van der Waals surface area contributed by atoms with Gasteiger partial charge in [0.05, 0.1) is 0 Å². The van der Waals surface area contributed by atoms with E-state index in [2.05, 4.69) is 63.0 Å². The van der Waals surface area contributed by atoms with Crippen LogP contribution in [0.4, 0.5) is 0 Å². The van der Waals surface area contributed by atoms with Crippen LogP contribution in [0.1, 0.15) is 49.9 Å². The number of hydrogen-bond acceptors (Lipinski definition) is 2. The van der Waals surface area contributed by atoms with Crippen molar-refractivity contribution in [2.24, 2.45) is 11.8 Å². The Kier molecular flexibility index (Phi) is 5.83. The lowest BCUT2D eigenvalue weighted by atomic mass is 9.88. The minimum Gasteiger partial charge on any atom is -0.309 e. The number of hydrogen-bond donors (Lipinski definition) is 1. The van der Waals surface area contributed by atoms with Crippen molar-refractivity contribution in [2.45, 2.75) is 47.1 Å². The van der Waals surface area contributed by atoms with Gasteiger partial charge in [-0.05, 0) is 50.8 Å². The van der Waals surface area contributed by atoms with Crippen molar-refractivity contribution in [3.63, 3.8) is 0 Å². The fourth-order valence-corrected chi connectivity index (χ4v) is 3.52. The van der Waals surface area contributed by atoms with Crippen molar-refractivity contribution < 1.29 is 0 Å². The quantitative estimate of drug-likeness (QED) is 0.883. The van der Waals surface area contributed by atoms with Crippen molar-refractivity contribution in [3.05, 3.63) is 34.9 Å². The zero-order valence-electron chi connectivity index (χ0n) is 14.4. The molecule has 21 heavy (non-hydrogen) atoms. The van der Waals surface area contributed by atoms with E-state index in [-0.39, 0.29) is 0 Å². The Morgan fingerprint density at radius 3 is 2.38 bits per heavy atom. The molecule has 2 rings (SSSR count). The van der Waals surface area contributed by atoms with E-state index in [9.17, 15) is 0 Å². The fourth-order valence-electron chi connectivity index (χ4n) is 3.52. The van der Waals surface area contributed by atoms with Gasteiger partial charge in [-0.2, -0.15) is 0 Å². The second-order valence-electron chi connectivity index (χ2n) is 7.03. The summed E-state index contributed by atoms with van der Waals surface area (Å²) in [5, 5.41) is 3.69. The zero-order valence-corrected chi connectivity index (χ0v) is 14.4. The Morgan fingerprint density at radius 1 is 1.14 bits per heavy atom. The molecule has 2 heteroatoms. The summed E-state index contributed by atoms with van der Waals surface area (Å²) in [6, 6.07) is 7.40. The van der Waals surface area contributed by atoms with Crippen LogP contribution in [0.5, 0.6) is 0 Å². The molecule has 3 atom stereocenters. The summed E-state index contributed by atoms with van der Waals surface area (Å²) in [5.74, 6) is 1.69. The fraction of sp³-hybridized carbons (Fsp3) is 0.684. The van der Waals surface area contributed by atoms with E-state index in [0.29, 0.717) is 6.04 Å². The molecular weight excluding hydrogens is 256 g/mol. The monoisotopic (exact) mass is 288 g/mol. The third kappa shape index (κ3) is 4.55. The summed E-state index contributed by atoms with van der Waals surface area (Å²) in [6.45, 7) is 16.0. The number of piperidine rings is 1. The van der Waals surface area contributed by atoms with Crippen LogP contribution in [0, 0.1) is 25.7 Å². The van der Waals surface area contributed by atoms with Gasteiger partial charge >= 0.3 is 0 Å². The van der Waals surface area contributed by atoms with E-state index >= 15 is 0 Å². The Bertz CT molecular complexity index is 435. The molecule has 0 saturated carbocycles. The second kappa shape index (κ2) is 7.42. The molecule has 0 aromatic heterocycles. The third-order valence-corrected chi connectivity index (χ3v) is 4.96. The van der Waals surface area contributed by atoms with Crippen LogP contribution in [0.2, 0.25) is 0 Å². The lowest BCUT2D eigenvalue weighted by Crippen LogP contribution is -2.43. The van der Waals surface area contributed by atoms with Gasteiger partial charge in [-0.1, -0.05) is 50.1 Å². The van der Waals surface area contributed by atoms with Crippen LogP contribution in [0.15, 0.2) is 18.2 Å². The van der Waals surface area contributed by atoms with Gasteiger partial charge in [0, 0.05) is 19.1 Å². The molecule has 1 aliphatic rings. The first kappa shape index (κ1) is 16.5. The number of nitrogens with one attached hydrogen (secondary N) is 1. The van der Waals surface area contributed by atoms with E-state index in [1.807, 2.05) is 0 Å². The highest BCUT2D eigenvalue weighted by Crippen LogP contribution is 2.25. The van der Waals surface area contributed by atoms with E-state index in [4.69, 9.17) is 0 Å². The third-order valence-electron chi connectivity index (χ3n) is 4.96. The predicted octanol–water partition coefficient (Wildman–Crippen LogP) is 3.93. The van der Waals surface area contributed by atoms with Gasteiger partial charge in [0.1, 0.15) is 0 Å². The summed E-state index contributed by atoms with van der Waals surface area (Å²) in [4.78, 5) is 2.65. The van der Waals surface area contributed by atoms with Crippen LogP contribution in [0.25, 0.3) is 0 Å². The average molecular weight is 288 g/mol. The highest BCUT2D eigenvalue weighted by Gasteiger charge is 2.24. The summed E-state index contributed by atoms with van der Waals surface area (Å²) < 4.78 is 0. The molecular formula is C19H32N2. The van der Waals surface area contributed by atoms with Gasteiger partial charge in [0.15, 0.2) is 0 Å². The van der Waals surface area contributed by atoms with Crippen LogP contribution in [-0.2, 0) is 0 Å². The number of aryl methyl sites for hydroxylation is 2. The summed E-state index contributed by atoms with van der Waals surface area (Å²) in [6.07, 6.45) is 1.34. The van der Waals surface area contributed by atoms with Crippen molar-refractivity contribution in [1.82, 2.24) is 10.2 Å². The molecule has 0 radical (unpaired) electrons. The summed E-state index contributed by atoms with van der Waals surface area (Å²) >= 11 is 0. The molecule has 3 unspecified atom stereocenters. The first-order chi connectivity index (χ1) is 9.99. The molecule has 1 N–H and O–H groups in total. The number of rotatable bonds is 5. The van der Waals surface area contributed by atoms with Gasteiger partial charge < -0.3 is 10.2 Å². The Balaban J connectivity index is 2.08. The molecule has 1 aliphatic heterocycles. The highest BCUT2D eigenvalue weighted by molar-refractivity contribution is 5.31. The topological polar surface area (TPSA) is 15.3 Å². The Hall–Kier alpha value is -0.860. The van der Waals surface area contributed by atoms with Crippen molar-refractivity contribution in [2.75, 3.05) is 26.2 Å². The van der Waals surface area contributed by atoms with Gasteiger partial charge in [0.2, 0.25) is 0 Å². The maximum Gasteiger partial charge on any atom is 0.0449 e. The van der Waals surface area contributed by atoms with Crippen molar-refractivity contribution >= 4 is 0 Å². The molecule has 2 nitrogen and oxygen atoms in total. The van der Waals surface area contributed by atoms with Crippen LogP contribution >= 0.6 is 0 Å². The standard InChI is InChI=1S/C19H32N2/c1-6-20-19(18-10-14(2)9-15(3)11-18)13-21-8-7-16(4)17(5)12-21/h9-11,16-17,19-20H,6-8,12-13H2,1-5H3. The van der Waals surface area contributed by atoms with E-state index < -0.39 is 0 Å². The number of benzene rings is 1. The smallest absolute Gasteiger partial charge is 0.0449 e. The van der Waals surface area contributed by atoms with Crippen molar-refractivity contribution in [1.29, 1.82) is 0 Å².